The van der Waals surface area contributed by atoms with E-state index in [-0.39, 0.29) is 11.6 Å². The van der Waals surface area contributed by atoms with Crippen LogP contribution >= 0.6 is 23.4 Å². The minimum Gasteiger partial charge on any atom is -0.300 e. The first-order chi connectivity index (χ1) is 14.9. The van der Waals surface area contributed by atoms with E-state index in [1.54, 1.807) is 0 Å². The Morgan fingerprint density at radius 1 is 1.29 bits per heavy atom. The van der Waals surface area contributed by atoms with Crippen LogP contribution in [0.3, 0.4) is 0 Å². The Labute approximate surface area is 187 Å². The molecule has 9 nitrogen and oxygen atoms in total. The van der Waals surface area contributed by atoms with Crippen molar-refractivity contribution in [1.82, 2.24) is 34.3 Å². The zero-order chi connectivity index (χ0) is 22.1. The summed E-state index contributed by atoms with van der Waals surface area (Å²) in [4.78, 5) is 18.9. The van der Waals surface area contributed by atoms with Crippen LogP contribution in [0, 0.1) is 11.3 Å². The van der Waals surface area contributed by atoms with Crippen molar-refractivity contribution in [3.63, 3.8) is 0 Å². The highest BCUT2D eigenvalue weighted by Gasteiger charge is 2.21. The number of benzene rings is 1. The molecular weight excluding hydrogens is 436 g/mol. The van der Waals surface area contributed by atoms with Crippen LogP contribution in [-0.2, 0) is 5.75 Å². The molecule has 0 spiro atoms. The predicted octanol–water partition coefficient (Wildman–Crippen LogP) is 3.04. The third kappa shape index (κ3) is 4.07. The lowest BCUT2D eigenvalue weighted by Crippen LogP contribution is -2.20. The fourth-order valence-electron chi connectivity index (χ4n) is 3.03. The van der Waals surface area contributed by atoms with Crippen molar-refractivity contribution in [3.8, 4) is 11.8 Å². The van der Waals surface area contributed by atoms with E-state index in [0.29, 0.717) is 32.8 Å². The Hall–Kier alpha value is -3.13. The lowest BCUT2D eigenvalue weighted by atomic mass is 10.2. The second-order valence-corrected chi connectivity index (χ2v) is 8.50. The SMILES string of the molecule is CC(c1nnc(SCc2cc(=O)n3[nH]cc(C#N)c3n2)n1-c1ccc(Cl)cc1)N(C)C. The number of hydrogen-bond acceptors (Lipinski definition) is 7. The summed E-state index contributed by atoms with van der Waals surface area (Å²) < 4.78 is 3.23. The van der Waals surface area contributed by atoms with Crippen molar-refractivity contribution in [3.05, 3.63) is 69.0 Å². The van der Waals surface area contributed by atoms with E-state index < -0.39 is 0 Å². The third-order valence-corrected chi connectivity index (χ3v) is 6.13. The van der Waals surface area contributed by atoms with Crippen LogP contribution in [0.5, 0.6) is 0 Å². The lowest BCUT2D eigenvalue weighted by Gasteiger charge is -2.20. The Morgan fingerprint density at radius 2 is 2.03 bits per heavy atom. The monoisotopic (exact) mass is 454 g/mol. The van der Waals surface area contributed by atoms with Crippen LogP contribution in [-0.4, -0.2) is 48.4 Å². The summed E-state index contributed by atoms with van der Waals surface area (Å²) >= 11 is 7.48. The van der Waals surface area contributed by atoms with E-state index in [1.165, 1.54) is 28.5 Å². The maximum atomic E-state index is 12.4. The fraction of sp³-hybridized carbons (Fsp3) is 0.250. The van der Waals surface area contributed by atoms with Crippen LogP contribution in [0.4, 0.5) is 0 Å². The second-order valence-electron chi connectivity index (χ2n) is 7.12. The molecule has 0 bridgehead atoms. The number of aromatic nitrogens is 6. The quantitative estimate of drug-likeness (QED) is 0.446. The van der Waals surface area contributed by atoms with Crippen LogP contribution < -0.4 is 5.56 Å². The standard InChI is InChI=1S/C20H19ClN8OS/c1-12(27(2)3)18-25-26-20(28(18)16-6-4-14(21)5-7-16)31-11-15-8-17(30)29-19(24-15)13(9-22)10-23-29/h4-8,10,12,23H,11H2,1-3H3. The number of nitriles is 1. The maximum Gasteiger partial charge on any atom is 0.272 e. The van der Waals surface area contributed by atoms with Crippen molar-refractivity contribution >= 4 is 29.0 Å². The molecule has 0 saturated carbocycles. The van der Waals surface area contributed by atoms with E-state index in [9.17, 15) is 10.1 Å². The highest BCUT2D eigenvalue weighted by atomic mass is 35.5. The van der Waals surface area contributed by atoms with Gasteiger partial charge in [0.25, 0.3) is 5.56 Å². The van der Waals surface area contributed by atoms with Crippen molar-refractivity contribution in [2.45, 2.75) is 23.9 Å². The Balaban J connectivity index is 1.70. The molecule has 0 amide bonds. The van der Waals surface area contributed by atoms with Crippen LogP contribution in [0.2, 0.25) is 5.02 Å². The molecule has 3 aromatic heterocycles. The molecular formula is C20H19ClN8OS. The first-order valence-electron chi connectivity index (χ1n) is 9.39. The Bertz CT molecular complexity index is 1330. The smallest absolute Gasteiger partial charge is 0.272 e. The first-order valence-corrected chi connectivity index (χ1v) is 10.8. The minimum absolute atomic E-state index is 0.0229. The largest absolute Gasteiger partial charge is 0.300 e. The maximum absolute atomic E-state index is 12.4. The van der Waals surface area contributed by atoms with Gasteiger partial charge in [0.15, 0.2) is 16.6 Å². The molecule has 11 heteroatoms. The molecule has 3 heterocycles. The summed E-state index contributed by atoms with van der Waals surface area (Å²) in [7, 11) is 3.96. The summed E-state index contributed by atoms with van der Waals surface area (Å²) in [6.07, 6.45) is 1.47. The highest BCUT2D eigenvalue weighted by Crippen LogP contribution is 2.29. The van der Waals surface area contributed by atoms with E-state index in [2.05, 4.69) is 32.1 Å². The molecule has 1 N–H and O–H groups in total. The molecule has 0 aliphatic carbocycles. The number of hydrogen-bond donors (Lipinski definition) is 1. The lowest BCUT2D eigenvalue weighted by molar-refractivity contribution is 0.305. The van der Waals surface area contributed by atoms with Gasteiger partial charge in [0.1, 0.15) is 11.6 Å². The number of rotatable bonds is 6. The van der Waals surface area contributed by atoms with Gasteiger partial charge in [0.2, 0.25) is 0 Å². The predicted molar refractivity (Wildman–Crippen MR) is 119 cm³/mol. The van der Waals surface area contributed by atoms with Gasteiger partial charge in [0.05, 0.1) is 11.7 Å². The van der Waals surface area contributed by atoms with Crippen molar-refractivity contribution in [1.29, 1.82) is 5.26 Å². The average Bonchev–Trinajstić information content (AvgIpc) is 3.36. The van der Waals surface area contributed by atoms with Crippen molar-refractivity contribution < 1.29 is 0 Å². The number of nitrogens with one attached hydrogen (secondary N) is 1. The summed E-state index contributed by atoms with van der Waals surface area (Å²) in [6.45, 7) is 2.05. The number of fused-ring (bicyclic) bond motifs is 1. The topological polar surface area (TPSA) is 108 Å². The molecule has 0 fully saturated rings. The molecule has 4 aromatic rings. The van der Waals surface area contributed by atoms with Crippen molar-refractivity contribution in [2.75, 3.05) is 14.1 Å². The van der Waals surface area contributed by atoms with Crippen LogP contribution in [0.15, 0.2) is 46.5 Å². The molecule has 158 valence electrons. The van der Waals surface area contributed by atoms with Crippen LogP contribution in [0.25, 0.3) is 11.3 Å². The number of aromatic amines is 1. The fourth-order valence-corrected chi connectivity index (χ4v) is 4.01. The van der Waals surface area contributed by atoms with Gasteiger partial charge >= 0.3 is 0 Å². The van der Waals surface area contributed by atoms with Gasteiger partial charge in [-0.3, -0.25) is 19.4 Å². The molecule has 0 aliphatic heterocycles. The van der Waals surface area contributed by atoms with E-state index in [0.717, 1.165) is 11.5 Å². The zero-order valence-corrected chi connectivity index (χ0v) is 18.6. The number of thioether (sulfide) groups is 1. The summed E-state index contributed by atoms with van der Waals surface area (Å²) in [5.74, 6) is 1.18. The van der Waals surface area contributed by atoms with Gasteiger partial charge in [-0.25, -0.2) is 9.50 Å². The normalized spacial score (nSPS) is 12.4. The highest BCUT2D eigenvalue weighted by molar-refractivity contribution is 7.98. The average molecular weight is 455 g/mol. The molecule has 1 aromatic carbocycles. The summed E-state index contributed by atoms with van der Waals surface area (Å²) in [6, 6.07) is 11.0. The van der Waals surface area contributed by atoms with Gasteiger partial charge in [0, 0.05) is 28.7 Å². The molecule has 0 aliphatic rings. The van der Waals surface area contributed by atoms with Gasteiger partial charge in [-0.05, 0) is 45.3 Å². The van der Waals surface area contributed by atoms with Gasteiger partial charge in [-0.2, -0.15) is 5.26 Å². The second kappa shape index (κ2) is 8.55. The minimum atomic E-state index is -0.275. The van der Waals surface area contributed by atoms with E-state index in [1.807, 2.05) is 49.0 Å². The first kappa shape index (κ1) is 21.1. The number of H-pyrrole nitrogens is 1. The van der Waals surface area contributed by atoms with Gasteiger partial charge in [-0.15, -0.1) is 10.2 Å². The van der Waals surface area contributed by atoms with E-state index >= 15 is 0 Å². The van der Waals surface area contributed by atoms with Crippen molar-refractivity contribution in [2.24, 2.45) is 0 Å². The zero-order valence-electron chi connectivity index (χ0n) is 17.1. The molecule has 1 unspecified atom stereocenters. The number of nitrogens with zero attached hydrogens (tertiary/aromatic N) is 7. The molecule has 4 rings (SSSR count). The van der Waals surface area contributed by atoms with E-state index in [4.69, 9.17) is 11.6 Å². The summed E-state index contributed by atoms with van der Waals surface area (Å²) in [5.41, 5.74) is 1.80. The summed E-state index contributed by atoms with van der Waals surface area (Å²) in [5, 5.41) is 22.1. The molecule has 31 heavy (non-hydrogen) atoms. The van der Waals surface area contributed by atoms with Gasteiger partial charge in [-0.1, -0.05) is 23.4 Å². The molecule has 0 saturated heterocycles. The Kier molecular flexibility index (Phi) is 5.82. The number of halogens is 1. The van der Waals surface area contributed by atoms with Crippen LogP contribution in [0.1, 0.15) is 30.0 Å². The van der Waals surface area contributed by atoms with Gasteiger partial charge < -0.3 is 0 Å². The third-order valence-electron chi connectivity index (χ3n) is 4.91. The Morgan fingerprint density at radius 3 is 2.71 bits per heavy atom. The molecule has 0 radical (unpaired) electrons. The molecule has 1 atom stereocenters.